The van der Waals surface area contributed by atoms with Crippen molar-refractivity contribution < 1.29 is 4.74 Å². The van der Waals surface area contributed by atoms with Gasteiger partial charge in [-0.1, -0.05) is 18.9 Å². The van der Waals surface area contributed by atoms with Crippen molar-refractivity contribution in [3.8, 4) is 0 Å². The van der Waals surface area contributed by atoms with E-state index in [1.807, 2.05) is 12.3 Å². The number of hydrogen-bond acceptors (Lipinski definition) is 3. The molecule has 3 rings (SSSR count). The molecule has 0 amide bonds. The zero-order valence-corrected chi connectivity index (χ0v) is 11.6. The van der Waals surface area contributed by atoms with E-state index in [1.165, 1.54) is 31.4 Å². The lowest BCUT2D eigenvalue weighted by molar-refractivity contribution is -0.104. The number of nitrogens with zero attached hydrogens (tertiary/aromatic N) is 1. The van der Waals surface area contributed by atoms with E-state index >= 15 is 0 Å². The number of ether oxygens (including phenoxy) is 1. The summed E-state index contributed by atoms with van der Waals surface area (Å²) in [5.41, 5.74) is 7.37. The van der Waals surface area contributed by atoms with Crippen LogP contribution in [0.3, 0.4) is 0 Å². The summed E-state index contributed by atoms with van der Waals surface area (Å²) in [5.74, 6) is 0. The average molecular weight is 260 g/mol. The van der Waals surface area contributed by atoms with E-state index in [-0.39, 0.29) is 11.0 Å². The predicted molar refractivity (Wildman–Crippen MR) is 76.0 cm³/mol. The first-order chi connectivity index (χ1) is 9.29. The lowest BCUT2D eigenvalue weighted by Crippen LogP contribution is -2.47. The molecule has 1 aliphatic heterocycles. The molecular weight excluding hydrogens is 236 g/mol. The molecule has 104 valence electrons. The van der Waals surface area contributed by atoms with Crippen LogP contribution in [0.1, 0.15) is 50.6 Å². The minimum atomic E-state index is 0.116. The molecule has 3 nitrogen and oxygen atoms in total. The van der Waals surface area contributed by atoms with Crippen molar-refractivity contribution in [3.05, 3.63) is 30.1 Å². The Kier molecular flexibility index (Phi) is 3.59. The molecule has 0 radical (unpaired) electrons. The van der Waals surface area contributed by atoms with Crippen molar-refractivity contribution in [1.82, 2.24) is 4.98 Å². The molecule has 3 heteroatoms. The van der Waals surface area contributed by atoms with E-state index in [9.17, 15) is 0 Å². The van der Waals surface area contributed by atoms with E-state index in [4.69, 9.17) is 10.5 Å². The van der Waals surface area contributed by atoms with Crippen LogP contribution in [0.4, 0.5) is 0 Å². The quantitative estimate of drug-likeness (QED) is 0.909. The van der Waals surface area contributed by atoms with Crippen molar-refractivity contribution in [2.75, 3.05) is 13.2 Å². The normalized spacial score (nSPS) is 29.7. The third-order valence-corrected chi connectivity index (χ3v) is 5.00. The summed E-state index contributed by atoms with van der Waals surface area (Å²) in [6, 6.07) is 6.26. The zero-order valence-electron chi connectivity index (χ0n) is 11.6. The fourth-order valence-corrected chi connectivity index (χ4v) is 4.07. The summed E-state index contributed by atoms with van der Waals surface area (Å²) < 4.78 is 6.18. The van der Waals surface area contributed by atoms with Gasteiger partial charge in [0.05, 0.1) is 5.60 Å². The molecule has 0 aromatic carbocycles. The predicted octanol–water partition coefficient (Wildman–Crippen LogP) is 2.79. The van der Waals surface area contributed by atoms with Gasteiger partial charge in [0, 0.05) is 23.9 Å². The highest BCUT2D eigenvalue weighted by molar-refractivity contribution is 5.20. The van der Waals surface area contributed by atoms with Crippen LogP contribution >= 0.6 is 0 Å². The van der Waals surface area contributed by atoms with Crippen LogP contribution in [0.2, 0.25) is 0 Å². The minimum Gasteiger partial charge on any atom is -0.375 e. The molecular formula is C16H24N2O. The van der Waals surface area contributed by atoms with Gasteiger partial charge in [-0.3, -0.25) is 4.98 Å². The molecule has 1 spiro atoms. The molecule has 1 unspecified atom stereocenters. The summed E-state index contributed by atoms with van der Waals surface area (Å²) in [4.78, 5) is 4.64. The van der Waals surface area contributed by atoms with Crippen LogP contribution in [0, 0.1) is 0 Å². The second kappa shape index (κ2) is 5.22. The van der Waals surface area contributed by atoms with Gasteiger partial charge < -0.3 is 10.5 Å². The first-order valence-electron chi connectivity index (χ1n) is 7.54. The highest BCUT2D eigenvalue weighted by atomic mass is 16.5. The van der Waals surface area contributed by atoms with E-state index in [1.54, 1.807) is 0 Å². The SMILES string of the molecule is NCCC1(c2ccccn2)CCOC2(CCCC2)C1. The molecule has 0 bridgehead atoms. The Balaban J connectivity index is 1.92. The van der Waals surface area contributed by atoms with Gasteiger partial charge in [0.1, 0.15) is 0 Å². The van der Waals surface area contributed by atoms with Crippen LogP contribution in [-0.4, -0.2) is 23.7 Å². The van der Waals surface area contributed by atoms with Gasteiger partial charge >= 0.3 is 0 Å². The Morgan fingerprint density at radius 3 is 2.74 bits per heavy atom. The van der Waals surface area contributed by atoms with E-state index in [0.29, 0.717) is 0 Å². The van der Waals surface area contributed by atoms with Crippen LogP contribution in [0.25, 0.3) is 0 Å². The summed E-state index contributed by atoms with van der Waals surface area (Å²) in [5, 5.41) is 0. The second-order valence-electron chi connectivity index (χ2n) is 6.20. The zero-order chi connectivity index (χ0) is 13.2. The van der Waals surface area contributed by atoms with Gasteiger partial charge in [-0.25, -0.2) is 0 Å². The van der Waals surface area contributed by atoms with Gasteiger partial charge in [-0.15, -0.1) is 0 Å². The number of rotatable bonds is 3. The van der Waals surface area contributed by atoms with Crippen molar-refractivity contribution in [1.29, 1.82) is 0 Å². The number of nitrogens with two attached hydrogens (primary N) is 1. The summed E-state index contributed by atoms with van der Waals surface area (Å²) in [6.07, 6.45) is 10.1. The molecule has 1 aromatic heterocycles. The van der Waals surface area contributed by atoms with Crippen molar-refractivity contribution in [2.45, 2.75) is 56.0 Å². The van der Waals surface area contributed by atoms with Gasteiger partial charge in [0.2, 0.25) is 0 Å². The van der Waals surface area contributed by atoms with E-state index in [2.05, 4.69) is 17.1 Å². The van der Waals surface area contributed by atoms with Gasteiger partial charge in [0.25, 0.3) is 0 Å². The molecule has 2 fully saturated rings. The lowest BCUT2D eigenvalue weighted by atomic mass is 9.68. The maximum atomic E-state index is 6.18. The molecule has 1 saturated heterocycles. The second-order valence-corrected chi connectivity index (χ2v) is 6.20. The summed E-state index contributed by atoms with van der Waals surface area (Å²) >= 11 is 0. The fourth-order valence-electron chi connectivity index (χ4n) is 4.07. The number of aromatic nitrogens is 1. The molecule has 2 N–H and O–H groups in total. The van der Waals surface area contributed by atoms with Crippen LogP contribution in [0.15, 0.2) is 24.4 Å². The van der Waals surface area contributed by atoms with Crippen LogP contribution in [0.5, 0.6) is 0 Å². The standard InChI is InChI=1S/C16H24N2O/c17-10-8-15(14-5-1-4-11-18-14)9-12-19-16(13-15)6-2-3-7-16/h1,4-5,11H,2-3,6-10,12-13,17H2. The van der Waals surface area contributed by atoms with Gasteiger partial charge in [-0.05, 0) is 50.8 Å². The number of pyridine rings is 1. The first kappa shape index (κ1) is 13.1. The Labute approximate surface area is 115 Å². The molecule has 2 heterocycles. The summed E-state index contributed by atoms with van der Waals surface area (Å²) in [6.45, 7) is 1.59. The summed E-state index contributed by atoms with van der Waals surface area (Å²) in [7, 11) is 0. The maximum Gasteiger partial charge on any atom is 0.0691 e. The number of hydrogen-bond donors (Lipinski definition) is 1. The van der Waals surface area contributed by atoms with Crippen molar-refractivity contribution >= 4 is 0 Å². The minimum absolute atomic E-state index is 0.116. The maximum absolute atomic E-state index is 6.18. The highest BCUT2D eigenvalue weighted by Crippen LogP contribution is 2.49. The van der Waals surface area contributed by atoms with Gasteiger partial charge in [-0.2, -0.15) is 0 Å². The third kappa shape index (κ3) is 2.41. The first-order valence-corrected chi connectivity index (χ1v) is 7.54. The topological polar surface area (TPSA) is 48.1 Å². The largest absolute Gasteiger partial charge is 0.375 e. The molecule has 1 aliphatic carbocycles. The smallest absolute Gasteiger partial charge is 0.0691 e. The molecule has 1 atom stereocenters. The van der Waals surface area contributed by atoms with Gasteiger partial charge in [0.15, 0.2) is 0 Å². The van der Waals surface area contributed by atoms with Crippen molar-refractivity contribution in [2.24, 2.45) is 5.73 Å². The third-order valence-electron chi connectivity index (χ3n) is 5.00. The molecule has 1 aromatic rings. The monoisotopic (exact) mass is 260 g/mol. The van der Waals surface area contributed by atoms with Crippen LogP contribution in [-0.2, 0) is 10.2 Å². The fraction of sp³-hybridized carbons (Fsp3) is 0.688. The Morgan fingerprint density at radius 1 is 1.21 bits per heavy atom. The Hall–Kier alpha value is -0.930. The van der Waals surface area contributed by atoms with E-state index < -0.39 is 0 Å². The van der Waals surface area contributed by atoms with Crippen LogP contribution < -0.4 is 5.73 Å². The molecule has 19 heavy (non-hydrogen) atoms. The van der Waals surface area contributed by atoms with Crippen molar-refractivity contribution in [3.63, 3.8) is 0 Å². The highest BCUT2D eigenvalue weighted by Gasteiger charge is 2.48. The van der Waals surface area contributed by atoms with E-state index in [0.717, 1.165) is 32.4 Å². The molecule has 1 saturated carbocycles. The Morgan fingerprint density at radius 2 is 2.05 bits per heavy atom. The Bertz CT molecular complexity index is 410. The lowest BCUT2D eigenvalue weighted by Gasteiger charge is -2.46. The average Bonchev–Trinajstić information content (AvgIpc) is 2.88. The molecule has 2 aliphatic rings.